The lowest BCUT2D eigenvalue weighted by Crippen LogP contribution is -2.43. The van der Waals surface area contributed by atoms with Gasteiger partial charge in [0.1, 0.15) is 5.82 Å². The quantitative estimate of drug-likeness (QED) is 0.896. The zero-order chi connectivity index (χ0) is 14.7. The van der Waals surface area contributed by atoms with Crippen LogP contribution in [0.2, 0.25) is 0 Å². The Balaban J connectivity index is 1.69. The fourth-order valence-electron chi connectivity index (χ4n) is 3.53. The summed E-state index contributed by atoms with van der Waals surface area (Å²) in [6.45, 7) is 2.46. The maximum atomic E-state index is 13.3. The molecule has 1 aromatic rings. The molecule has 1 aliphatic carbocycles. The predicted molar refractivity (Wildman–Crippen MR) is 79.7 cm³/mol. The van der Waals surface area contributed by atoms with Gasteiger partial charge in [0.25, 0.3) is 0 Å². The molecule has 1 aliphatic heterocycles. The van der Waals surface area contributed by atoms with E-state index >= 15 is 0 Å². The van der Waals surface area contributed by atoms with Crippen molar-refractivity contribution in [3.8, 4) is 0 Å². The number of fused-ring (bicyclic) bond motifs is 1. The molecule has 1 fully saturated rings. The Kier molecular flexibility index (Phi) is 4.57. The average molecular weight is 293 g/mol. The number of benzene rings is 1. The van der Waals surface area contributed by atoms with Gasteiger partial charge in [-0.1, -0.05) is 6.07 Å². The zero-order valence-electron chi connectivity index (χ0n) is 12.4. The highest BCUT2D eigenvalue weighted by atomic mass is 19.1. The van der Waals surface area contributed by atoms with Gasteiger partial charge in [-0.2, -0.15) is 0 Å². The van der Waals surface area contributed by atoms with E-state index in [0.29, 0.717) is 0 Å². The monoisotopic (exact) mass is 293 g/mol. The fraction of sp³-hybridized carbons (Fsp3) is 0.647. The first-order valence-electron chi connectivity index (χ1n) is 7.93. The number of aryl methyl sites for hydroxylation is 1. The van der Waals surface area contributed by atoms with E-state index in [1.54, 1.807) is 12.1 Å². The Morgan fingerprint density at radius 3 is 2.90 bits per heavy atom. The summed E-state index contributed by atoms with van der Waals surface area (Å²) in [4.78, 5) is 0. The number of nitrogens with one attached hydrogen (secondary N) is 1. The second kappa shape index (κ2) is 6.42. The van der Waals surface area contributed by atoms with Crippen molar-refractivity contribution in [1.29, 1.82) is 0 Å². The van der Waals surface area contributed by atoms with E-state index in [0.717, 1.165) is 57.4 Å². The molecule has 21 heavy (non-hydrogen) atoms. The van der Waals surface area contributed by atoms with Crippen LogP contribution in [0.1, 0.15) is 42.9 Å². The Labute approximate surface area is 125 Å². The SMILES string of the molecule is OCC1(CNC2CCCc3cc(F)ccc32)CCOCC1. The van der Waals surface area contributed by atoms with Crippen LogP contribution in [0.15, 0.2) is 18.2 Å². The summed E-state index contributed by atoms with van der Waals surface area (Å²) in [5, 5.41) is 13.4. The molecule has 1 unspecified atom stereocenters. The maximum absolute atomic E-state index is 13.3. The summed E-state index contributed by atoms with van der Waals surface area (Å²) >= 11 is 0. The van der Waals surface area contributed by atoms with E-state index in [2.05, 4.69) is 5.32 Å². The number of hydrogen-bond donors (Lipinski definition) is 2. The van der Waals surface area contributed by atoms with Gasteiger partial charge in [0.05, 0.1) is 6.61 Å². The van der Waals surface area contributed by atoms with Gasteiger partial charge in [-0.25, -0.2) is 4.39 Å². The third-order valence-corrected chi connectivity index (χ3v) is 5.03. The van der Waals surface area contributed by atoms with Crippen molar-refractivity contribution in [3.05, 3.63) is 35.1 Å². The minimum absolute atomic E-state index is 0.0596. The number of aliphatic hydroxyl groups excluding tert-OH is 1. The van der Waals surface area contributed by atoms with Gasteiger partial charge in [0.2, 0.25) is 0 Å². The van der Waals surface area contributed by atoms with E-state index in [1.165, 1.54) is 5.56 Å². The van der Waals surface area contributed by atoms with Gasteiger partial charge in [-0.05, 0) is 55.4 Å². The van der Waals surface area contributed by atoms with Crippen molar-refractivity contribution in [1.82, 2.24) is 5.32 Å². The van der Waals surface area contributed by atoms with Crippen molar-refractivity contribution in [2.45, 2.75) is 38.1 Å². The van der Waals surface area contributed by atoms with E-state index in [1.807, 2.05) is 6.07 Å². The van der Waals surface area contributed by atoms with Crippen molar-refractivity contribution in [2.24, 2.45) is 5.41 Å². The Morgan fingerprint density at radius 2 is 2.14 bits per heavy atom. The highest BCUT2D eigenvalue weighted by molar-refractivity contribution is 5.32. The van der Waals surface area contributed by atoms with Gasteiger partial charge in [-0.15, -0.1) is 0 Å². The normalized spacial score (nSPS) is 24.6. The zero-order valence-corrected chi connectivity index (χ0v) is 12.4. The van der Waals surface area contributed by atoms with Gasteiger partial charge in [0.15, 0.2) is 0 Å². The lowest BCUT2D eigenvalue weighted by molar-refractivity contribution is -0.0168. The Bertz CT molecular complexity index is 486. The summed E-state index contributed by atoms with van der Waals surface area (Å²) in [5.41, 5.74) is 2.29. The molecule has 2 N–H and O–H groups in total. The molecular weight excluding hydrogens is 269 g/mol. The average Bonchev–Trinajstić information content (AvgIpc) is 2.53. The van der Waals surface area contributed by atoms with Gasteiger partial charge in [-0.3, -0.25) is 0 Å². The molecule has 0 bridgehead atoms. The molecule has 116 valence electrons. The molecule has 0 radical (unpaired) electrons. The highest BCUT2D eigenvalue weighted by Gasteiger charge is 2.33. The number of ether oxygens (including phenoxy) is 1. The summed E-state index contributed by atoms with van der Waals surface area (Å²) in [6.07, 6.45) is 4.93. The first kappa shape index (κ1) is 14.9. The van der Waals surface area contributed by atoms with Crippen LogP contribution in [0.25, 0.3) is 0 Å². The Morgan fingerprint density at radius 1 is 1.33 bits per heavy atom. The van der Waals surface area contributed by atoms with E-state index in [-0.39, 0.29) is 23.9 Å². The summed E-state index contributed by atoms with van der Waals surface area (Å²) < 4.78 is 18.8. The first-order valence-corrected chi connectivity index (χ1v) is 7.93. The number of rotatable bonds is 4. The van der Waals surface area contributed by atoms with Gasteiger partial charge >= 0.3 is 0 Å². The third kappa shape index (κ3) is 3.28. The molecule has 0 spiro atoms. The number of halogens is 1. The molecule has 3 rings (SSSR count). The highest BCUT2D eigenvalue weighted by Crippen LogP contribution is 2.33. The molecule has 2 aliphatic rings. The number of hydrogen-bond acceptors (Lipinski definition) is 3. The molecule has 1 saturated heterocycles. The lowest BCUT2D eigenvalue weighted by Gasteiger charge is -2.38. The smallest absolute Gasteiger partial charge is 0.123 e. The summed E-state index contributed by atoms with van der Waals surface area (Å²) in [6, 6.07) is 5.41. The molecule has 0 aromatic heterocycles. The summed E-state index contributed by atoms with van der Waals surface area (Å²) in [5.74, 6) is -0.148. The molecule has 1 heterocycles. The van der Waals surface area contributed by atoms with Crippen LogP contribution < -0.4 is 5.32 Å². The topological polar surface area (TPSA) is 41.5 Å². The minimum atomic E-state index is -0.148. The molecular formula is C17H24FNO2. The Hall–Kier alpha value is -0.970. The fourth-order valence-corrected chi connectivity index (χ4v) is 3.53. The van der Waals surface area contributed by atoms with Gasteiger partial charge < -0.3 is 15.2 Å². The van der Waals surface area contributed by atoms with Crippen LogP contribution in [0.4, 0.5) is 4.39 Å². The van der Waals surface area contributed by atoms with Gasteiger partial charge in [0, 0.05) is 31.2 Å². The van der Waals surface area contributed by atoms with Crippen LogP contribution in [0, 0.1) is 11.2 Å². The summed E-state index contributed by atoms with van der Waals surface area (Å²) in [7, 11) is 0. The molecule has 0 amide bonds. The standard InChI is InChI=1S/C17H24FNO2/c18-14-4-5-15-13(10-14)2-1-3-16(15)19-11-17(12-20)6-8-21-9-7-17/h4-5,10,16,19-20H,1-3,6-9,11-12H2. The van der Waals surface area contributed by atoms with Crippen LogP contribution in [0.5, 0.6) is 0 Å². The maximum Gasteiger partial charge on any atom is 0.123 e. The van der Waals surface area contributed by atoms with E-state index in [4.69, 9.17) is 4.74 Å². The van der Waals surface area contributed by atoms with Crippen molar-refractivity contribution in [3.63, 3.8) is 0 Å². The van der Waals surface area contributed by atoms with Crippen LogP contribution >= 0.6 is 0 Å². The molecule has 0 saturated carbocycles. The van der Waals surface area contributed by atoms with E-state index in [9.17, 15) is 9.50 Å². The van der Waals surface area contributed by atoms with Crippen molar-refractivity contribution in [2.75, 3.05) is 26.4 Å². The molecule has 3 nitrogen and oxygen atoms in total. The van der Waals surface area contributed by atoms with Crippen LogP contribution in [0.3, 0.4) is 0 Å². The van der Waals surface area contributed by atoms with Crippen LogP contribution in [-0.4, -0.2) is 31.5 Å². The largest absolute Gasteiger partial charge is 0.396 e. The van der Waals surface area contributed by atoms with Crippen LogP contribution in [-0.2, 0) is 11.2 Å². The van der Waals surface area contributed by atoms with E-state index < -0.39 is 0 Å². The van der Waals surface area contributed by atoms with Crippen molar-refractivity contribution >= 4 is 0 Å². The first-order chi connectivity index (χ1) is 10.2. The molecule has 1 atom stereocenters. The van der Waals surface area contributed by atoms with Crippen molar-refractivity contribution < 1.29 is 14.2 Å². The third-order valence-electron chi connectivity index (χ3n) is 5.03. The predicted octanol–water partition coefficient (Wildman–Crippen LogP) is 2.58. The second-order valence-corrected chi connectivity index (χ2v) is 6.44. The second-order valence-electron chi connectivity index (χ2n) is 6.44. The lowest BCUT2D eigenvalue weighted by atomic mass is 9.80. The minimum Gasteiger partial charge on any atom is -0.396 e. The number of aliphatic hydroxyl groups is 1. The molecule has 1 aromatic carbocycles. The molecule has 4 heteroatoms.